The first kappa shape index (κ1) is 31.7. The SMILES string of the molecule is CCN(CC)C(=O)C1=C(C)N=c2s/c(=C\c3cc(C)n(-c4cccc(C(=O)OC)c4C)c3C)c(=O)n2[C@H]1c1ccccc1OC. The zero-order valence-electron chi connectivity index (χ0n) is 26.9. The van der Waals surface area contributed by atoms with Gasteiger partial charge in [0.05, 0.1) is 35.6 Å². The number of benzene rings is 2. The number of aryl methyl sites for hydroxylation is 1. The molecule has 10 heteroatoms. The Hall–Kier alpha value is -4.70. The maximum Gasteiger partial charge on any atom is 0.338 e. The number of hydrogen-bond donors (Lipinski definition) is 0. The standard InChI is InChI=1S/C35H38N4O5S/c1-9-37(10-2)33(41)30-22(5)36-35-39(31(30)26-14-11-12-17-28(26)43-7)32(40)29(45-35)19-24-18-20(3)38(23(24)6)27-16-13-15-25(21(27)4)34(42)44-8/h11-19,31H,9-10H2,1-8H3/b29-19-/t31-/m0/s1. The van der Waals surface area contributed by atoms with E-state index < -0.39 is 12.0 Å². The Morgan fingerprint density at radius 2 is 1.73 bits per heavy atom. The number of fused-ring (bicyclic) bond motifs is 1. The van der Waals surface area contributed by atoms with Gasteiger partial charge in [-0.15, -0.1) is 0 Å². The molecule has 4 aromatic rings. The van der Waals surface area contributed by atoms with Gasteiger partial charge in [-0.1, -0.05) is 35.6 Å². The molecule has 2 aromatic carbocycles. The molecule has 0 unspecified atom stereocenters. The summed E-state index contributed by atoms with van der Waals surface area (Å²) in [6.45, 7) is 12.7. The minimum absolute atomic E-state index is 0.153. The highest BCUT2D eigenvalue weighted by Gasteiger charge is 2.35. The van der Waals surface area contributed by atoms with Crippen molar-refractivity contribution in [2.45, 2.75) is 47.6 Å². The first-order valence-corrected chi connectivity index (χ1v) is 15.7. The maximum absolute atomic E-state index is 14.3. The van der Waals surface area contributed by atoms with E-state index in [0.717, 1.165) is 33.8 Å². The smallest absolute Gasteiger partial charge is 0.338 e. The number of hydrogen-bond acceptors (Lipinski definition) is 7. The van der Waals surface area contributed by atoms with Crippen LogP contribution in [0.1, 0.15) is 65.2 Å². The molecule has 9 nitrogen and oxygen atoms in total. The van der Waals surface area contributed by atoms with E-state index in [1.54, 1.807) is 22.6 Å². The summed E-state index contributed by atoms with van der Waals surface area (Å²) in [5.41, 5.74) is 6.41. The van der Waals surface area contributed by atoms with Crippen molar-refractivity contribution in [2.24, 2.45) is 4.99 Å². The highest BCUT2D eigenvalue weighted by Crippen LogP contribution is 2.36. The first-order chi connectivity index (χ1) is 21.6. The zero-order chi connectivity index (χ0) is 32.6. The van der Waals surface area contributed by atoms with E-state index in [9.17, 15) is 14.4 Å². The van der Waals surface area contributed by atoms with Crippen LogP contribution in [0, 0.1) is 20.8 Å². The van der Waals surface area contributed by atoms with E-state index in [1.165, 1.54) is 18.4 Å². The monoisotopic (exact) mass is 626 g/mol. The molecule has 2 aromatic heterocycles. The molecule has 0 N–H and O–H groups in total. The van der Waals surface area contributed by atoms with Crippen LogP contribution in [-0.2, 0) is 9.53 Å². The predicted molar refractivity (Wildman–Crippen MR) is 176 cm³/mol. The Morgan fingerprint density at radius 3 is 2.40 bits per heavy atom. The van der Waals surface area contributed by atoms with E-state index in [2.05, 4.69) is 4.57 Å². The summed E-state index contributed by atoms with van der Waals surface area (Å²) in [6, 6.07) is 14.4. The molecule has 0 fully saturated rings. The predicted octanol–water partition coefficient (Wildman–Crippen LogP) is 4.61. The maximum atomic E-state index is 14.3. The van der Waals surface area contributed by atoms with Gasteiger partial charge in [0, 0.05) is 35.7 Å². The van der Waals surface area contributed by atoms with Gasteiger partial charge in [0.25, 0.3) is 11.5 Å². The second-order valence-corrected chi connectivity index (χ2v) is 11.9. The second kappa shape index (κ2) is 12.7. The normalized spacial score (nSPS) is 14.7. The number of likely N-dealkylation sites (N-methyl/N-ethyl adjacent to an activating group) is 1. The summed E-state index contributed by atoms with van der Waals surface area (Å²) in [5.74, 6) is 0.0427. The van der Waals surface area contributed by atoms with Crippen molar-refractivity contribution >= 4 is 29.3 Å². The molecule has 0 radical (unpaired) electrons. The Morgan fingerprint density at radius 1 is 1.02 bits per heavy atom. The van der Waals surface area contributed by atoms with Crippen LogP contribution in [0.4, 0.5) is 0 Å². The van der Waals surface area contributed by atoms with Gasteiger partial charge < -0.3 is 18.9 Å². The molecular weight excluding hydrogens is 588 g/mol. The molecule has 234 valence electrons. The van der Waals surface area contributed by atoms with Crippen LogP contribution in [0.2, 0.25) is 0 Å². The van der Waals surface area contributed by atoms with Crippen molar-refractivity contribution in [3.8, 4) is 11.4 Å². The third-order valence-electron chi connectivity index (χ3n) is 8.44. The lowest BCUT2D eigenvalue weighted by molar-refractivity contribution is -0.127. The molecule has 1 aliphatic heterocycles. The summed E-state index contributed by atoms with van der Waals surface area (Å²) in [5, 5.41) is 0. The molecule has 1 aliphatic rings. The average molecular weight is 627 g/mol. The Labute approximate surface area is 266 Å². The first-order valence-electron chi connectivity index (χ1n) is 14.9. The summed E-state index contributed by atoms with van der Waals surface area (Å²) in [7, 11) is 2.96. The average Bonchev–Trinajstić information content (AvgIpc) is 3.49. The van der Waals surface area contributed by atoms with Gasteiger partial charge in [-0.2, -0.15) is 0 Å². The Bertz CT molecular complexity index is 2030. The summed E-state index contributed by atoms with van der Waals surface area (Å²) < 4.78 is 14.9. The van der Waals surface area contributed by atoms with Crippen molar-refractivity contribution in [2.75, 3.05) is 27.3 Å². The number of esters is 1. The fraction of sp³-hybridized carbons (Fsp3) is 0.314. The van der Waals surface area contributed by atoms with Gasteiger partial charge in [0.15, 0.2) is 4.80 Å². The number of para-hydroxylation sites is 1. The molecular formula is C35H38N4O5S. The molecule has 0 aliphatic carbocycles. The number of allylic oxidation sites excluding steroid dienone is 1. The lowest BCUT2D eigenvalue weighted by Gasteiger charge is -2.29. The Kier molecular flexibility index (Phi) is 8.97. The van der Waals surface area contributed by atoms with E-state index in [-0.39, 0.29) is 11.5 Å². The molecule has 45 heavy (non-hydrogen) atoms. The highest BCUT2D eigenvalue weighted by molar-refractivity contribution is 7.07. The largest absolute Gasteiger partial charge is 0.496 e. The van der Waals surface area contributed by atoms with Crippen LogP contribution >= 0.6 is 11.3 Å². The van der Waals surface area contributed by atoms with E-state index in [0.29, 0.717) is 45.0 Å². The minimum Gasteiger partial charge on any atom is -0.496 e. The van der Waals surface area contributed by atoms with E-state index in [1.807, 2.05) is 90.1 Å². The fourth-order valence-electron chi connectivity index (χ4n) is 6.11. The number of amides is 1. The quantitative estimate of drug-likeness (QED) is 0.266. The summed E-state index contributed by atoms with van der Waals surface area (Å²) >= 11 is 1.30. The lowest BCUT2D eigenvalue weighted by Crippen LogP contribution is -2.43. The third-order valence-corrected chi connectivity index (χ3v) is 9.43. The molecule has 5 rings (SSSR count). The topological polar surface area (TPSA) is 95.1 Å². The van der Waals surface area contributed by atoms with Gasteiger partial charge in [0.1, 0.15) is 11.8 Å². The number of methoxy groups -OCH3 is 2. The molecule has 3 heterocycles. The van der Waals surface area contributed by atoms with Crippen LogP contribution in [0.3, 0.4) is 0 Å². The van der Waals surface area contributed by atoms with E-state index >= 15 is 0 Å². The van der Waals surface area contributed by atoms with Crippen LogP contribution < -0.4 is 19.6 Å². The number of ether oxygens (including phenoxy) is 2. The van der Waals surface area contributed by atoms with Crippen LogP contribution in [-0.4, -0.2) is 53.2 Å². The fourth-order valence-corrected chi connectivity index (χ4v) is 7.14. The number of rotatable bonds is 8. The van der Waals surface area contributed by atoms with Crippen molar-refractivity contribution in [3.63, 3.8) is 0 Å². The van der Waals surface area contributed by atoms with Crippen molar-refractivity contribution in [3.05, 3.63) is 113 Å². The summed E-state index contributed by atoms with van der Waals surface area (Å²) in [6.07, 6.45) is 1.88. The summed E-state index contributed by atoms with van der Waals surface area (Å²) in [4.78, 5) is 47.7. The highest BCUT2D eigenvalue weighted by atomic mass is 32.1. The molecule has 1 amide bonds. The molecule has 0 bridgehead atoms. The molecule has 0 spiro atoms. The van der Waals surface area contributed by atoms with E-state index in [4.69, 9.17) is 14.5 Å². The van der Waals surface area contributed by atoms with Crippen molar-refractivity contribution in [1.82, 2.24) is 14.0 Å². The molecule has 0 saturated carbocycles. The number of aromatic nitrogens is 2. The molecule has 0 saturated heterocycles. The second-order valence-electron chi connectivity index (χ2n) is 10.9. The number of thiazole rings is 1. The minimum atomic E-state index is -0.705. The molecule has 1 atom stereocenters. The number of carbonyl (C=O) groups is 2. The zero-order valence-corrected chi connectivity index (χ0v) is 27.7. The van der Waals surface area contributed by atoms with Crippen LogP contribution in [0.5, 0.6) is 5.75 Å². The van der Waals surface area contributed by atoms with Crippen LogP contribution in [0.15, 0.2) is 69.6 Å². The van der Waals surface area contributed by atoms with Crippen LogP contribution in [0.25, 0.3) is 11.8 Å². The Balaban J connectivity index is 1.71. The van der Waals surface area contributed by atoms with Gasteiger partial charge in [-0.05, 0) is 83.0 Å². The van der Waals surface area contributed by atoms with Gasteiger partial charge in [-0.3, -0.25) is 14.2 Å². The number of carbonyl (C=O) groups excluding carboxylic acids is 2. The van der Waals surface area contributed by atoms with Gasteiger partial charge in [0.2, 0.25) is 0 Å². The number of nitrogens with zero attached hydrogens (tertiary/aromatic N) is 4. The third kappa shape index (κ3) is 5.44. The van der Waals surface area contributed by atoms with Gasteiger partial charge in [-0.25, -0.2) is 9.79 Å². The van der Waals surface area contributed by atoms with Crippen molar-refractivity contribution in [1.29, 1.82) is 0 Å². The van der Waals surface area contributed by atoms with Crippen molar-refractivity contribution < 1.29 is 19.1 Å². The lowest BCUT2D eigenvalue weighted by atomic mass is 9.94. The van der Waals surface area contributed by atoms with Gasteiger partial charge >= 0.3 is 5.97 Å².